The van der Waals surface area contributed by atoms with Crippen molar-refractivity contribution >= 4 is 26.3 Å². The van der Waals surface area contributed by atoms with Gasteiger partial charge < -0.3 is 10.1 Å². The van der Waals surface area contributed by atoms with Crippen LogP contribution in [0.5, 0.6) is 0 Å². The zero-order valence-corrected chi connectivity index (χ0v) is 16.0. The Kier molecular flexibility index (Phi) is 8.63. The molecule has 0 saturated heterocycles. The summed E-state index contributed by atoms with van der Waals surface area (Å²) in [6.45, 7) is 6.64. The lowest BCUT2D eigenvalue weighted by atomic mass is 10.0. The smallest absolute Gasteiger partial charge is 0.407 e. The fourth-order valence-electron chi connectivity index (χ4n) is 1.98. The van der Waals surface area contributed by atoms with Crippen molar-refractivity contribution in [3.63, 3.8) is 0 Å². The predicted molar refractivity (Wildman–Crippen MR) is 89.0 cm³/mol. The van der Waals surface area contributed by atoms with Gasteiger partial charge in [0, 0.05) is 6.04 Å². The molecule has 0 heterocycles. The van der Waals surface area contributed by atoms with Gasteiger partial charge in [0.05, 0.1) is 11.5 Å². The summed E-state index contributed by atoms with van der Waals surface area (Å²) < 4.78 is 66.1. The third-order valence-corrected chi connectivity index (χ3v) is 4.69. The minimum absolute atomic E-state index is 0.0450. The minimum Gasteiger partial charge on any atom is -0.444 e. The van der Waals surface area contributed by atoms with E-state index in [1.807, 2.05) is 0 Å². The topological polar surface area (TPSA) is 147 Å². The maximum Gasteiger partial charge on any atom is 0.407 e. The van der Waals surface area contributed by atoms with Crippen molar-refractivity contribution in [2.45, 2.75) is 58.6 Å². The van der Waals surface area contributed by atoms with Crippen LogP contribution in [0.3, 0.4) is 0 Å². The first-order valence-electron chi connectivity index (χ1n) is 7.47. The van der Waals surface area contributed by atoms with Crippen LogP contribution in [0.25, 0.3) is 0 Å². The van der Waals surface area contributed by atoms with Gasteiger partial charge in [-0.25, -0.2) is 4.79 Å². The third kappa shape index (κ3) is 14.7. The van der Waals surface area contributed by atoms with E-state index >= 15 is 0 Å². The zero-order chi connectivity index (χ0) is 19.2. The van der Waals surface area contributed by atoms with Gasteiger partial charge >= 0.3 is 6.09 Å². The highest BCUT2D eigenvalue weighted by atomic mass is 32.2. The minimum atomic E-state index is -4.19. The second-order valence-corrected chi connectivity index (χ2v) is 9.92. The van der Waals surface area contributed by atoms with Crippen LogP contribution in [0.1, 0.15) is 47.0 Å². The molecule has 0 aliphatic heterocycles. The number of alkyl carbamates (subject to hydrolysis) is 1. The molecule has 3 N–H and O–H groups in total. The largest absolute Gasteiger partial charge is 0.444 e. The Morgan fingerprint density at radius 3 is 2.00 bits per heavy atom. The maximum atomic E-state index is 11.8. The monoisotopic (exact) mass is 389 g/mol. The van der Waals surface area contributed by atoms with E-state index in [1.54, 1.807) is 27.7 Å². The lowest BCUT2D eigenvalue weighted by Gasteiger charge is -2.24. The summed E-state index contributed by atoms with van der Waals surface area (Å²) in [6.07, 6.45) is -0.182. The molecule has 0 aromatic carbocycles. The van der Waals surface area contributed by atoms with Crippen molar-refractivity contribution in [3.05, 3.63) is 0 Å². The predicted octanol–water partition coefficient (Wildman–Crippen LogP) is 1.46. The van der Waals surface area contributed by atoms with E-state index in [0.29, 0.717) is 6.42 Å². The molecule has 0 spiro atoms. The highest BCUT2D eigenvalue weighted by Crippen LogP contribution is 2.14. The average molecular weight is 389 g/mol. The molecule has 0 aliphatic carbocycles. The van der Waals surface area contributed by atoms with Crippen molar-refractivity contribution in [1.82, 2.24) is 5.32 Å². The van der Waals surface area contributed by atoms with E-state index in [4.69, 9.17) is 13.8 Å². The Hall–Kier alpha value is -0.910. The second kappa shape index (κ2) is 8.97. The molecule has 0 aromatic heterocycles. The Bertz CT molecular complexity index is 606. The first-order chi connectivity index (χ1) is 10.6. The molecule has 0 bridgehead atoms. The Morgan fingerprint density at radius 2 is 1.58 bits per heavy atom. The SMILES string of the molecule is C[C@@H](CC[C@H](CCS(=O)(=O)O)NC(=O)OC(C)(C)C)CS(=O)(=O)O. The molecule has 9 nitrogen and oxygen atoms in total. The second-order valence-electron chi connectivity index (χ2n) is 6.85. The summed E-state index contributed by atoms with van der Waals surface area (Å²) in [6, 6.07) is -0.620. The van der Waals surface area contributed by atoms with Gasteiger partial charge in [0.15, 0.2) is 0 Å². The summed E-state index contributed by atoms with van der Waals surface area (Å²) >= 11 is 0. The van der Waals surface area contributed by atoms with Crippen molar-refractivity contribution in [2.75, 3.05) is 11.5 Å². The van der Waals surface area contributed by atoms with Crippen molar-refractivity contribution in [1.29, 1.82) is 0 Å². The summed E-state index contributed by atoms with van der Waals surface area (Å²) in [7, 11) is -8.29. The molecule has 0 radical (unpaired) electrons. The Labute approximate surface area is 143 Å². The van der Waals surface area contributed by atoms with E-state index < -0.39 is 49.5 Å². The zero-order valence-electron chi connectivity index (χ0n) is 14.4. The number of amides is 1. The van der Waals surface area contributed by atoms with E-state index in [0.717, 1.165) is 0 Å². The standard InChI is InChI=1S/C13H27NO8S2/c1-10(9-24(19,20)21)5-6-11(7-8-23(16,17)18)14-12(15)22-13(2,3)4/h10-11H,5-9H2,1-4H3,(H,14,15)(H,16,17,18)(H,19,20,21)/t10-,11+/m0/s1. The third-order valence-electron chi connectivity index (χ3n) is 2.95. The fourth-order valence-corrected chi connectivity index (χ4v) is 3.45. The molecule has 0 unspecified atom stereocenters. The van der Waals surface area contributed by atoms with Gasteiger partial charge in [-0.1, -0.05) is 6.92 Å². The molecule has 11 heteroatoms. The lowest BCUT2D eigenvalue weighted by Crippen LogP contribution is -2.40. The van der Waals surface area contributed by atoms with E-state index in [9.17, 15) is 21.6 Å². The van der Waals surface area contributed by atoms with Gasteiger partial charge in [-0.05, 0) is 46.0 Å². The number of rotatable bonds is 9. The number of nitrogens with one attached hydrogen (secondary N) is 1. The quantitative estimate of drug-likeness (QED) is 0.502. The normalized spacial score (nSPS) is 15.6. The molecule has 24 heavy (non-hydrogen) atoms. The van der Waals surface area contributed by atoms with Gasteiger partial charge in [-0.15, -0.1) is 0 Å². The van der Waals surface area contributed by atoms with Crippen LogP contribution >= 0.6 is 0 Å². The van der Waals surface area contributed by atoms with Gasteiger partial charge in [0.25, 0.3) is 20.2 Å². The lowest BCUT2D eigenvalue weighted by molar-refractivity contribution is 0.0498. The van der Waals surface area contributed by atoms with Gasteiger partial charge in [-0.2, -0.15) is 16.8 Å². The number of hydrogen-bond acceptors (Lipinski definition) is 6. The molecule has 0 aromatic rings. The summed E-state index contributed by atoms with van der Waals surface area (Å²) in [5.74, 6) is -1.35. The van der Waals surface area contributed by atoms with E-state index in [-0.39, 0.29) is 18.8 Å². The van der Waals surface area contributed by atoms with Gasteiger partial charge in [-0.3, -0.25) is 9.11 Å². The summed E-state index contributed by atoms with van der Waals surface area (Å²) in [5.41, 5.74) is -0.726. The Morgan fingerprint density at radius 1 is 1.04 bits per heavy atom. The molecule has 1 amide bonds. The first-order valence-corrected chi connectivity index (χ1v) is 10.7. The van der Waals surface area contributed by atoms with E-state index in [1.165, 1.54) is 0 Å². The van der Waals surface area contributed by atoms with Crippen LogP contribution in [0, 0.1) is 5.92 Å². The van der Waals surface area contributed by atoms with Gasteiger partial charge in [0.2, 0.25) is 0 Å². The van der Waals surface area contributed by atoms with Crippen LogP contribution in [0.4, 0.5) is 4.79 Å². The molecule has 0 rings (SSSR count). The molecule has 144 valence electrons. The van der Waals surface area contributed by atoms with Crippen molar-refractivity contribution in [2.24, 2.45) is 5.92 Å². The molecule has 0 saturated carbocycles. The summed E-state index contributed by atoms with van der Waals surface area (Å²) in [5, 5.41) is 2.52. The molecule has 0 fully saturated rings. The highest BCUT2D eigenvalue weighted by molar-refractivity contribution is 7.86. The molecule has 2 atom stereocenters. The van der Waals surface area contributed by atoms with E-state index in [2.05, 4.69) is 5.32 Å². The Balaban J connectivity index is 4.72. The molecular formula is C13H27NO8S2. The summed E-state index contributed by atoms with van der Waals surface area (Å²) in [4.78, 5) is 11.8. The molecule has 0 aliphatic rings. The number of carbonyl (C=O) groups is 1. The van der Waals surface area contributed by atoms with Crippen molar-refractivity contribution < 1.29 is 35.5 Å². The van der Waals surface area contributed by atoms with Crippen LogP contribution in [-0.2, 0) is 25.0 Å². The van der Waals surface area contributed by atoms with Crippen LogP contribution in [0.2, 0.25) is 0 Å². The van der Waals surface area contributed by atoms with Crippen LogP contribution < -0.4 is 5.32 Å². The number of ether oxygens (including phenoxy) is 1. The maximum absolute atomic E-state index is 11.8. The highest BCUT2D eigenvalue weighted by Gasteiger charge is 2.22. The molecular weight excluding hydrogens is 362 g/mol. The van der Waals surface area contributed by atoms with Crippen LogP contribution in [-0.4, -0.2) is 55.2 Å². The fraction of sp³-hybridized carbons (Fsp3) is 0.923. The first kappa shape index (κ1) is 23.1. The van der Waals surface area contributed by atoms with Crippen molar-refractivity contribution in [3.8, 4) is 0 Å². The number of hydrogen-bond donors (Lipinski definition) is 3. The van der Waals surface area contributed by atoms with Gasteiger partial charge in [0.1, 0.15) is 5.60 Å². The van der Waals surface area contributed by atoms with Crippen LogP contribution in [0.15, 0.2) is 0 Å². The number of carbonyl (C=O) groups excluding carboxylic acids is 1. The average Bonchev–Trinajstić information content (AvgIpc) is 2.26.